The maximum Gasteiger partial charge on any atom is 0.301 e. The zero-order chi connectivity index (χ0) is 12.9. The summed E-state index contributed by atoms with van der Waals surface area (Å²) in [6, 6.07) is 2.31. The molecule has 2 N–H and O–H groups in total. The van der Waals surface area contributed by atoms with Crippen LogP contribution in [0.25, 0.3) is 0 Å². The Labute approximate surface area is 90.2 Å². The van der Waals surface area contributed by atoms with E-state index >= 15 is 0 Å². The third kappa shape index (κ3) is 2.42. The van der Waals surface area contributed by atoms with Gasteiger partial charge in [-0.15, -0.1) is 0 Å². The van der Waals surface area contributed by atoms with E-state index in [1.807, 2.05) is 0 Å². The molecule has 0 heterocycles. The number of hydrogen-bond donors (Lipinski definition) is 1. The molecule has 1 rings (SSSR count). The first-order chi connectivity index (χ1) is 7.45. The normalized spacial score (nSPS) is 8.69. The smallest absolute Gasteiger partial charge is 0.301 e. The Morgan fingerprint density at radius 3 is 2.12 bits per heavy atom. The maximum absolute atomic E-state index is 10.5. The largest absolute Gasteiger partial charge is 0.393 e. The van der Waals surface area contributed by atoms with Gasteiger partial charge in [0, 0.05) is 12.6 Å². The number of nitro groups is 2. The number of nitrogens with zero attached hydrogens (tertiary/aromatic N) is 3. The number of rotatable bonds is 2. The second-order valence-electron chi connectivity index (χ2n) is 2.66. The molecule has 84 valence electrons. The molecule has 0 fully saturated rings. The summed E-state index contributed by atoms with van der Waals surface area (Å²) in [7, 11) is 0. The monoisotopic (exact) mass is 224 g/mol. The third-order valence-corrected chi connectivity index (χ3v) is 1.81. The highest BCUT2D eigenvalue weighted by Gasteiger charge is 2.23. The Kier molecular flexibility index (Phi) is 4.37. The Hall–Kier alpha value is -2.69. The summed E-state index contributed by atoms with van der Waals surface area (Å²) in [6.07, 6.45) is 0. The first kappa shape index (κ1) is 13.3. The van der Waals surface area contributed by atoms with Crippen molar-refractivity contribution >= 4 is 17.1 Å². The van der Waals surface area contributed by atoms with Crippen LogP contribution in [0.4, 0.5) is 17.1 Å². The van der Waals surface area contributed by atoms with Gasteiger partial charge in [-0.25, -0.2) is 5.26 Å². The van der Waals surface area contributed by atoms with E-state index in [0.717, 1.165) is 12.1 Å². The summed E-state index contributed by atoms with van der Waals surface area (Å²) < 4.78 is 0. The van der Waals surface area contributed by atoms with Gasteiger partial charge in [0.2, 0.25) is 0 Å². The fraction of sp³-hybridized carbons (Fsp3) is 0.125. The van der Waals surface area contributed by atoms with Gasteiger partial charge >= 0.3 is 5.69 Å². The predicted molar refractivity (Wildman–Crippen MR) is 55.6 cm³/mol. The number of hydrogen-bond acceptors (Lipinski definition) is 6. The SMILES string of the molecule is C#N.Cc1c([N+](=O)[O-])ccc(N)c1[N+](=O)[O-]. The van der Waals surface area contributed by atoms with E-state index in [4.69, 9.17) is 11.0 Å². The number of nitro benzene ring substituents is 2. The summed E-state index contributed by atoms with van der Waals surface area (Å²) in [4.78, 5) is 19.6. The third-order valence-electron chi connectivity index (χ3n) is 1.81. The van der Waals surface area contributed by atoms with Gasteiger partial charge in [-0.05, 0) is 13.0 Å². The molecule has 0 bridgehead atoms. The zero-order valence-corrected chi connectivity index (χ0v) is 8.28. The van der Waals surface area contributed by atoms with E-state index in [1.165, 1.54) is 6.92 Å². The second kappa shape index (κ2) is 5.26. The number of benzene rings is 1. The topological polar surface area (TPSA) is 136 Å². The highest BCUT2D eigenvalue weighted by atomic mass is 16.6. The van der Waals surface area contributed by atoms with Crippen LogP contribution in [-0.2, 0) is 0 Å². The average Bonchev–Trinajstić information content (AvgIpc) is 2.19. The van der Waals surface area contributed by atoms with Crippen LogP contribution in [0.2, 0.25) is 0 Å². The van der Waals surface area contributed by atoms with Crippen LogP contribution in [0.5, 0.6) is 0 Å². The Morgan fingerprint density at radius 1 is 1.25 bits per heavy atom. The van der Waals surface area contributed by atoms with E-state index in [1.54, 1.807) is 0 Å². The van der Waals surface area contributed by atoms with E-state index in [-0.39, 0.29) is 16.9 Å². The van der Waals surface area contributed by atoms with Crippen LogP contribution in [0.3, 0.4) is 0 Å². The highest BCUT2D eigenvalue weighted by Crippen LogP contribution is 2.32. The Balaban J connectivity index is 0.00000106. The number of nitrogen functional groups attached to an aromatic ring is 1. The number of nitrogens with two attached hydrogens (primary N) is 1. The summed E-state index contributed by atoms with van der Waals surface area (Å²) in [5, 5.41) is 27.5. The standard InChI is InChI=1S/C7H7N3O4.CHN/c1-4-6(9(11)12)3-2-5(8)7(4)10(13)14;1-2/h2-3H,8H2,1H3;1H. The van der Waals surface area contributed by atoms with Crippen molar-refractivity contribution < 1.29 is 9.85 Å². The minimum absolute atomic E-state index is 0.0278. The van der Waals surface area contributed by atoms with Crippen LogP contribution in [0, 0.1) is 39.0 Å². The molecule has 0 aromatic heterocycles. The van der Waals surface area contributed by atoms with E-state index < -0.39 is 15.5 Å². The molecular formula is C8H8N4O4. The summed E-state index contributed by atoms with van der Waals surface area (Å²) in [6.45, 7) is 4.80. The zero-order valence-electron chi connectivity index (χ0n) is 8.28. The summed E-state index contributed by atoms with van der Waals surface area (Å²) in [5.41, 5.74) is 4.52. The average molecular weight is 224 g/mol. The molecule has 1 aromatic rings. The van der Waals surface area contributed by atoms with Crippen molar-refractivity contribution in [3.05, 3.63) is 37.9 Å². The molecule has 0 aliphatic rings. The Morgan fingerprint density at radius 2 is 1.75 bits per heavy atom. The number of anilines is 1. The lowest BCUT2D eigenvalue weighted by atomic mass is 10.1. The fourth-order valence-corrected chi connectivity index (χ4v) is 1.15. The van der Waals surface area contributed by atoms with Crippen molar-refractivity contribution in [2.24, 2.45) is 0 Å². The van der Waals surface area contributed by atoms with Crippen LogP contribution in [-0.4, -0.2) is 9.85 Å². The van der Waals surface area contributed by atoms with Crippen LogP contribution >= 0.6 is 0 Å². The van der Waals surface area contributed by atoms with Gasteiger partial charge in [0.25, 0.3) is 5.69 Å². The van der Waals surface area contributed by atoms with Crippen LogP contribution < -0.4 is 5.73 Å². The highest BCUT2D eigenvalue weighted by molar-refractivity contribution is 5.68. The molecule has 0 saturated carbocycles. The van der Waals surface area contributed by atoms with Crippen molar-refractivity contribution in [3.8, 4) is 6.57 Å². The quantitative estimate of drug-likeness (QED) is 0.459. The van der Waals surface area contributed by atoms with Crippen LogP contribution in [0.15, 0.2) is 12.1 Å². The lowest BCUT2D eigenvalue weighted by Crippen LogP contribution is -2.01. The molecule has 0 aliphatic carbocycles. The van der Waals surface area contributed by atoms with Gasteiger partial charge in [0.15, 0.2) is 0 Å². The van der Waals surface area contributed by atoms with E-state index in [0.29, 0.717) is 0 Å². The van der Waals surface area contributed by atoms with Gasteiger partial charge in [-0.2, -0.15) is 0 Å². The van der Waals surface area contributed by atoms with Crippen molar-refractivity contribution in [2.45, 2.75) is 6.92 Å². The molecule has 0 amide bonds. The van der Waals surface area contributed by atoms with Crippen molar-refractivity contribution in [3.63, 3.8) is 0 Å². The summed E-state index contributed by atoms with van der Waals surface area (Å²) >= 11 is 0. The van der Waals surface area contributed by atoms with Gasteiger partial charge in [-0.3, -0.25) is 20.2 Å². The minimum Gasteiger partial charge on any atom is -0.393 e. The molecule has 0 aliphatic heterocycles. The molecule has 0 atom stereocenters. The number of nitriles is 1. The van der Waals surface area contributed by atoms with Gasteiger partial charge in [0.1, 0.15) is 11.3 Å². The minimum atomic E-state index is -0.725. The molecule has 0 radical (unpaired) electrons. The molecule has 16 heavy (non-hydrogen) atoms. The lowest BCUT2D eigenvalue weighted by Gasteiger charge is -2.00. The lowest BCUT2D eigenvalue weighted by molar-refractivity contribution is -0.394. The van der Waals surface area contributed by atoms with Crippen molar-refractivity contribution in [1.29, 1.82) is 5.26 Å². The predicted octanol–water partition coefficient (Wildman–Crippen LogP) is 1.53. The molecule has 0 unspecified atom stereocenters. The maximum atomic E-state index is 10.5. The van der Waals surface area contributed by atoms with Crippen molar-refractivity contribution in [2.75, 3.05) is 5.73 Å². The van der Waals surface area contributed by atoms with Crippen LogP contribution in [0.1, 0.15) is 5.56 Å². The first-order valence-electron chi connectivity index (χ1n) is 3.89. The molecular weight excluding hydrogens is 216 g/mol. The van der Waals surface area contributed by atoms with Gasteiger partial charge in [-0.1, -0.05) is 0 Å². The molecule has 1 aromatic carbocycles. The summed E-state index contributed by atoms with van der Waals surface area (Å²) in [5.74, 6) is 0. The molecule has 8 nitrogen and oxygen atoms in total. The second-order valence-corrected chi connectivity index (χ2v) is 2.66. The Bertz CT molecular complexity index is 455. The first-order valence-corrected chi connectivity index (χ1v) is 3.89. The fourth-order valence-electron chi connectivity index (χ4n) is 1.15. The molecule has 0 spiro atoms. The van der Waals surface area contributed by atoms with Gasteiger partial charge in [0.05, 0.1) is 9.85 Å². The van der Waals surface area contributed by atoms with E-state index in [9.17, 15) is 20.2 Å². The van der Waals surface area contributed by atoms with E-state index in [2.05, 4.69) is 6.57 Å². The molecule has 8 heteroatoms. The van der Waals surface area contributed by atoms with Crippen molar-refractivity contribution in [1.82, 2.24) is 0 Å². The van der Waals surface area contributed by atoms with Gasteiger partial charge < -0.3 is 5.73 Å². The molecule has 0 saturated heterocycles.